The number of nitrogens with two attached hydrogens (primary N) is 1. The number of carbonyl (C=O) groups is 2. The van der Waals surface area contributed by atoms with E-state index in [4.69, 9.17) is 15.2 Å². The molecule has 2 unspecified atom stereocenters. The summed E-state index contributed by atoms with van der Waals surface area (Å²) in [5.41, 5.74) is 3.39. The van der Waals surface area contributed by atoms with Crippen molar-refractivity contribution in [3.8, 4) is 0 Å². The quantitative estimate of drug-likeness (QED) is 0.275. The first-order chi connectivity index (χ1) is 13.9. The molecule has 6 atom stereocenters. The number of amides is 1. The van der Waals surface area contributed by atoms with Crippen LogP contribution < -0.4 is 22.3 Å². The van der Waals surface area contributed by atoms with E-state index in [-0.39, 0.29) is 18.3 Å². The number of aliphatic hydroxyl groups excluding tert-OH is 2. The van der Waals surface area contributed by atoms with Crippen molar-refractivity contribution >= 4 is 24.3 Å². The third kappa shape index (κ3) is 6.11. The number of hydrogen-bond acceptors (Lipinski definition) is 9. The zero-order chi connectivity index (χ0) is 22.7. The monoisotopic (exact) mass is 468 g/mol. The first-order valence-electron chi connectivity index (χ1n) is 9.19. The summed E-state index contributed by atoms with van der Waals surface area (Å²) < 4.78 is 24.4. The van der Waals surface area contributed by atoms with Gasteiger partial charge in [0.2, 0.25) is 11.7 Å². The molecule has 31 heavy (non-hydrogen) atoms. The fraction of sp³-hybridized carbons (Fsp3) is 0.647. The van der Waals surface area contributed by atoms with Crippen molar-refractivity contribution in [2.24, 2.45) is 11.7 Å². The maximum Gasteiger partial charge on any atom is 0.330 e. The predicted molar refractivity (Wildman–Crippen MR) is 106 cm³/mol. The summed E-state index contributed by atoms with van der Waals surface area (Å²) in [4.78, 5) is 48.6. The van der Waals surface area contributed by atoms with Gasteiger partial charge in [-0.15, -0.1) is 12.4 Å². The number of H-pyrrole nitrogens is 1. The van der Waals surface area contributed by atoms with E-state index in [0.717, 1.165) is 0 Å². The highest BCUT2D eigenvalue weighted by molar-refractivity contribution is 5.87. The summed E-state index contributed by atoms with van der Waals surface area (Å²) >= 11 is 0. The van der Waals surface area contributed by atoms with Crippen LogP contribution in [0, 0.1) is 11.7 Å². The number of rotatable bonds is 7. The van der Waals surface area contributed by atoms with Gasteiger partial charge in [-0.2, -0.15) is 4.39 Å². The highest BCUT2D eigenvalue weighted by atomic mass is 35.5. The van der Waals surface area contributed by atoms with Gasteiger partial charge in [-0.1, -0.05) is 13.8 Å². The summed E-state index contributed by atoms with van der Waals surface area (Å²) in [7, 11) is 0. The molecule has 0 aliphatic carbocycles. The Bertz CT molecular complexity index is 907. The van der Waals surface area contributed by atoms with Gasteiger partial charge in [0.1, 0.15) is 31.0 Å². The van der Waals surface area contributed by atoms with Crippen LogP contribution in [0.3, 0.4) is 0 Å². The minimum atomic E-state index is -1.67. The first kappa shape index (κ1) is 26.7. The second kappa shape index (κ2) is 10.8. The Morgan fingerprint density at radius 3 is 2.52 bits per heavy atom. The predicted octanol–water partition coefficient (Wildman–Crippen LogP) is -2.25. The van der Waals surface area contributed by atoms with E-state index < -0.39 is 72.2 Å². The molecular formula is C17H26ClFN4O8. The number of hydrogen-bond donors (Lipinski definition) is 5. The highest BCUT2D eigenvalue weighted by Crippen LogP contribution is 2.28. The second-order valence-electron chi connectivity index (χ2n) is 7.32. The van der Waals surface area contributed by atoms with Crippen LogP contribution in [0.1, 0.15) is 27.0 Å². The third-order valence-electron chi connectivity index (χ3n) is 4.66. The maximum atomic E-state index is 13.5. The minimum absolute atomic E-state index is 0. The Balaban J connectivity index is 0.00000480. The lowest BCUT2D eigenvalue weighted by molar-refractivity contribution is -0.153. The number of ether oxygens (including phenoxy) is 2. The molecule has 0 radical (unpaired) electrons. The van der Waals surface area contributed by atoms with Crippen molar-refractivity contribution < 1.29 is 33.7 Å². The molecule has 1 saturated heterocycles. The lowest BCUT2D eigenvalue weighted by Gasteiger charge is -2.20. The topological polar surface area (TPSA) is 186 Å². The van der Waals surface area contributed by atoms with E-state index in [0.29, 0.717) is 10.8 Å². The molecule has 1 aromatic heterocycles. The Hall–Kier alpha value is -2.32. The molecule has 12 nitrogen and oxygen atoms in total. The van der Waals surface area contributed by atoms with Crippen molar-refractivity contribution in [2.75, 3.05) is 6.61 Å². The van der Waals surface area contributed by atoms with Crippen molar-refractivity contribution in [1.82, 2.24) is 14.9 Å². The standard InChI is InChI=1S/C17H25FN4O8.ClH/c1-6(2)10(19)14(26)20-7(3)16(27)29-5-9-11(23)12(24)15(30-9)22-4-8(18)13(25)21-17(22)28;/h4,6-7,9-12,15,23-24H,5,19H2,1-3H3,(H,20,26)(H,21,25,28);1H/t7-,9-,10-,11?,12?,15-;/m0./s1. The van der Waals surface area contributed by atoms with Crippen molar-refractivity contribution in [3.63, 3.8) is 0 Å². The average molecular weight is 469 g/mol. The second-order valence-corrected chi connectivity index (χ2v) is 7.32. The number of esters is 1. The molecule has 1 fully saturated rings. The van der Waals surface area contributed by atoms with E-state index in [2.05, 4.69) is 5.32 Å². The molecule has 0 spiro atoms. The molecule has 1 amide bonds. The van der Waals surface area contributed by atoms with Crippen LogP contribution in [0.25, 0.3) is 0 Å². The molecule has 2 rings (SSSR count). The Morgan fingerprint density at radius 1 is 1.32 bits per heavy atom. The molecule has 0 bridgehead atoms. The van der Waals surface area contributed by atoms with Crippen LogP contribution in [-0.4, -0.2) is 68.6 Å². The van der Waals surface area contributed by atoms with Crippen LogP contribution in [0.15, 0.2) is 15.8 Å². The van der Waals surface area contributed by atoms with Gasteiger partial charge in [0.05, 0.1) is 12.2 Å². The SMILES string of the molecule is CC(C)[C@H](N)C(=O)N[C@@H](C)C(=O)OC[C@@H]1O[C@H](n2cc(F)c(=O)[nH]c2=O)C(O)C1O.Cl. The zero-order valence-electron chi connectivity index (χ0n) is 17.0. The molecule has 2 heterocycles. The summed E-state index contributed by atoms with van der Waals surface area (Å²) in [6.07, 6.45) is -5.49. The summed E-state index contributed by atoms with van der Waals surface area (Å²) in [5, 5.41) is 22.6. The zero-order valence-corrected chi connectivity index (χ0v) is 17.8. The van der Waals surface area contributed by atoms with Gasteiger partial charge in [0.15, 0.2) is 6.23 Å². The normalized spacial score (nSPS) is 24.9. The molecule has 176 valence electrons. The summed E-state index contributed by atoms with van der Waals surface area (Å²) in [5.74, 6) is -2.82. The third-order valence-corrected chi connectivity index (χ3v) is 4.66. The number of nitrogens with zero attached hydrogens (tertiary/aromatic N) is 1. The molecule has 1 aliphatic rings. The number of carbonyl (C=O) groups excluding carboxylic acids is 2. The lowest BCUT2D eigenvalue weighted by atomic mass is 10.0. The van der Waals surface area contributed by atoms with E-state index >= 15 is 0 Å². The lowest BCUT2D eigenvalue weighted by Crippen LogP contribution is -2.50. The summed E-state index contributed by atoms with van der Waals surface area (Å²) in [6, 6.07) is -1.86. The smallest absolute Gasteiger partial charge is 0.330 e. The van der Waals surface area contributed by atoms with Crippen LogP contribution >= 0.6 is 12.4 Å². The number of aliphatic hydroxyl groups is 2. The van der Waals surface area contributed by atoms with E-state index in [1.807, 2.05) is 0 Å². The Kier molecular flexibility index (Phi) is 9.32. The molecule has 6 N–H and O–H groups in total. The van der Waals surface area contributed by atoms with E-state index in [1.165, 1.54) is 6.92 Å². The van der Waals surface area contributed by atoms with Crippen molar-refractivity contribution in [2.45, 2.75) is 57.4 Å². The highest BCUT2D eigenvalue weighted by Gasteiger charge is 2.45. The molecule has 0 aromatic carbocycles. The number of aromatic amines is 1. The van der Waals surface area contributed by atoms with Gasteiger partial charge in [0.25, 0.3) is 5.56 Å². The van der Waals surface area contributed by atoms with Crippen LogP contribution in [0.4, 0.5) is 4.39 Å². The summed E-state index contributed by atoms with van der Waals surface area (Å²) in [6.45, 7) is 4.34. The average Bonchev–Trinajstić information content (AvgIpc) is 2.96. The molecular weight excluding hydrogens is 443 g/mol. The van der Waals surface area contributed by atoms with Crippen molar-refractivity contribution in [1.29, 1.82) is 0 Å². The molecule has 1 aliphatic heterocycles. The van der Waals surface area contributed by atoms with Gasteiger partial charge < -0.3 is 30.7 Å². The molecule has 1 aromatic rings. The minimum Gasteiger partial charge on any atom is -0.461 e. The van der Waals surface area contributed by atoms with Gasteiger partial charge >= 0.3 is 11.7 Å². The van der Waals surface area contributed by atoms with Gasteiger partial charge in [-0.25, -0.2) is 9.59 Å². The van der Waals surface area contributed by atoms with Gasteiger partial charge in [-0.3, -0.25) is 19.1 Å². The van der Waals surface area contributed by atoms with Crippen molar-refractivity contribution in [3.05, 3.63) is 32.9 Å². The first-order valence-corrected chi connectivity index (χ1v) is 9.19. The number of aromatic nitrogens is 2. The van der Waals surface area contributed by atoms with Gasteiger partial charge in [0, 0.05) is 0 Å². The fourth-order valence-corrected chi connectivity index (χ4v) is 2.71. The van der Waals surface area contributed by atoms with E-state index in [1.54, 1.807) is 18.8 Å². The molecule has 14 heteroatoms. The van der Waals surface area contributed by atoms with Gasteiger partial charge in [-0.05, 0) is 12.8 Å². The van der Waals surface area contributed by atoms with Crippen LogP contribution in [-0.2, 0) is 19.1 Å². The molecule has 0 saturated carbocycles. The Labute approximate surface area is 181 Å². The Morgan fingerprint density at radius 2 is 1.94 bits per heavy atom. The number of halogens is 2. The largest absolute Gasteiger partial charge is 0.461 e. The van der Waals surface area contributed by atoms with E-state index in [9.17, 15) is 33.8 Å². The van der Waals surface area contributed by atoms with Crippen LogP contribution in [0.5, 0.6) is 0 Å². The number of nitrogens with one attached hydrogen (secondary N) is 2. The fourth-order valence-electron chi connectivity index (χ4n) is 2.71. The van der Waals surface area contributed by atoms with Crippen LogP contribution in [0.2, 0.25) is 0 Å². The maximum absolute atomic E-state index is 13.5.